The maximum absolute atomic E-state index is 12.3. The fourth-order valence-corrected chi connectivity index (χ4v) is 2.67. The van der Waals surface area contributed by atoms with E-state index in [1.165, 1.54) is 7.11 Å². The van der Waals surface area contributed by atoms with Crippen molar-refractivity contribution >= 4 is 12.1 Å². The van der Waals surface area contributed by atoms with E-state index in [0.29, 0.717) is 19.4 Å². The fraction of sp³-hybridized carbons (Fsp3) is 0.364. The van der Waals surface area contributed by atoms with E-state index in [-0.39, 0.29) is 6.61 Å². The molecule has 0 saturated carbocycles. The van der Waals surface area contributed by atoms with E-state index in [4.69, 9.17) is 9.47 Å². The van der Waals surface area contributed by atoms with Crippen LogP contribution in [-0.2, 0) is 27.3 Å². The Labute approximate surface area is 165 Å². The van der Waals surface area contributed by atoms with Gasteiger partial charge in [-0.05, 0) is 49.9 Å². The molecule has 0 bridgehead atoms. The smallest absolute Gasteiger partial charge is 0.407 e. The molecule has 2 aromatic rings. The molecule has 28 heavy (non-hydrogen) atoms. The molecule has 0 radical (unpaired) electrons. The minimum atomic E-state index is -1.16. The first kappa shape index (κ1) is 21.3. The van der Waals surface area contributed by atoms with Gasteiger partial charge in [-0.1, -0.05) is 42.5 Å². The zero-order valence-electron chi connectivity index (χ0n) is 16.6. The van der Waals surface area contributed by atoms with E-state index < -0.39 is 17.6 Å². The molecule has 2 rings (SSSR count). The lowest BCUT2D eigenvalue weighted by molar-refractivity contribution is -0.150. The number of rotatable bonds is 9. The first-order chi connectivity index (χ1) is 13.5. The summed E-state index contributed by atoms with van der Waals surface area (Å²) in [6.07, 6.45) is 0.295. The molecule has 1 amide bonds. The van der Waals surface area contributed by atoms with E-state index in [9.17, 15) is 9.59 Å². The summed E-state index contributed by atoms with van der Waals surface area (Å²) >= 11 is 0. The van der Waals surface area contributed by atoms with Crippen LogP contribution in [0.4, 0.5) is 4.79 Å². The summed E-state index contributed by atoms with van der Waals surface area (Å²) in [6.45, 7) is 4.11. The molecule has 0 aliphatic carbocycles. The number of benzene rings is 2. The quantitative estimate of drug-likeness (QED) is 0.663. The van der Waals surface area contributed by atoms with Gasteiger partial charge in [0, 0.05) is 0 Å². The van der Waals surface area contributed by atoms with Crippen LogP contribution in [0.15, 0.2) is 54.6 Å². The zero-order valence-corrected chi connectivity index (χ0v) is 16.6. The molecular formula is C22H27NO5. The van der Waals surface area contributed by atoms with Crippen molar-refractivity contribution in [2.45, 2.75) is 38.8 Å². The first-order valence-electron chi connectivity index (χ1n) is 9.26. The number of amides is 1. The SMILES string of the molecule is CCOC(=O)C(C)(CCc1ccc(OCc2ccccc2)cc1)NC(=O)OC. The molecule has 0 aliphatic rings. The van der Waals surface area contributed by atoms with E-state index >= 15 is 0 Å². The Morgan fingerprint density at radius 1 is 1.00 bits per heavy atom. The molecule has 150 valence electrons. The molecule has 0 aliphatic heterocycles. The fourth-order valence-electron chi connectivity index (χ4n) is 2.67. The van der Waals surface area contributed by atoms with Crippen LogP contribution < -0.4 is 10.1 Å². The Morgan fingerprint density at radius 2 is 1.68 bits per heavy atom. The average molecular weight is 385 g/mol. The topological polar surface area (TPSA) is 73.9 Å². The number of carbonyl (C=O) groups excluding carboxylic acids is 2. The molecule has 0 saturated heterocycles. The van der Waals surface area contributed by atoms with Crippen molar-refractivity contribution in [2.24, 2.45) is 0 Å². The summed E-state index contributed by atoms with van der Waals surface area (Å²) in [7, 11) is 1.26. The van der Waals surface area contributed by atoms with Crippen LogP contribution in [0.5, 0.6) is 5.75 Å². The number of aryl methyl sites for hydroxylation is 1. The van der Waals surface area contributed by atoms with Gasteiger partial charge in [0.05, 0.1) is 13.7 Å². The van der Waals surface area contributed by atoms with Gasteiger partial charge in [-0.15, -0.1) is 0 Å². The second-order valence-corrected chi connectivity index (χ2v) is 6.59. The molecule has 0 spiro atoms. The van der Waals surface area contributed by atoms with Gasteiger partial charge in [0.25, 0.3) is 0 Å². The predicted molar refractivity (Wildman–Crippen MR) is 106 cm³/mol. The minimum absolute atomic E-state index is 0.241. The van der Waals surface area contributed by atoms with Gasteiger partial charge in [0.2, 0.25) is 0 Å². The van der Waals surface area contributed by atoms with Crippen molar-refractivity contribution < 1.29 is 23.8 Å². The lowest BCUT2D eigenvalue weighted by atomic mass is 9.93. The molecule has 1 N–H and O–H groups in total. The highest BCUT2D eigenvalue weighted by molar-refractivity contribution is 5.85. The molecule has 6 heteroatoms. The monoisotopic (exact) mass is 385 g/mol. The van der Waals surface area contributed by atoms with Crippen molar-refractivity contribution in [3.8, 4) is 5.75 Å². The summed E-state index contributed by atoms with van der Waals surface area (Å²) in [5, 5.41) is 2.59. The first-order valence-corrected chi connectivity index (χ1v) is 9.26. The van der Waals surface area contributed by atoms with Crippen LogP contribution in [0.25, 0.3) is 0 Å². The maximum Gasteiger partial charge on any atom is 0.407 e. The Bertz CT molecular complexity index is 760. The molecule has 6 nitrogen and oxygen atoms in total. The molecular weight excluding hydrogens is 358 g/mol. The molecule has 0 heterocycles. The molecule has 2 aromatic carbocycles. The maximum atomic E-state index is 12.3. The number of alkyl carbamates (subject to hydrolysis) is 1. The van der Waals surface area contributed by atoms with Gasteiger partial charge >= 0.3 is 12.1 Å². The van der Waals surface area contributed by atoms with E-state index in [1.807, 2.05) is 54.6 Å². The number of nitrogens with one attached hydrogen (secondary N) is 1. The van der Waals surface area contributed by atoms with Crippen LogP contribution >= 0.6 is 0 Å². The van der Waals surface area contributed by atoms with Crippen LogP contribution in [0, 0.1) is 0 Å². The van der Waals surface area contributed by atoms with Crippen molar-refractivity contribution in [3.63, 3.8) is 0 Å². The third-order valence-corrected chi connectivity index (χ3v) is 4.37. The third kappa shape index (κ3) is 6.30. The van der Waals surface area contributed by atoms with Gasteiger partial charge in [-0.25, -0.2) is 9.59 Å². The normalized spacial score (nSPS) is 12.5. The number of hydrogen-bond acceptors (Lipinski definition) is 5. The average Bonchev–Trinajstić information content (AvgIpc) is 2.72. The van der Waals surface area contributed by atoms with E-state index in [2.05, 4.69) is 10.1 Å². The van der Waals surface area contributed by atoms with Crippen LogP contribution in [0.3, 0.4) is 0 Å². The van der Waals surface area contributed by atoms with Gasteiger partial charge in [-0.3, -0.25) is 0 Å². The van der Waals surface area contributed by atoms with Gasteiger partial charge in [-0.2, -0.15) is 0 Å². The number of ether oxygens (including phenoxy) is 3. The second-order valence-electron chi connectivity index (χ2n) is 6.59. The zero-order chi connectivity index (χ0) is 20.4. The Hall–Kier alpha value is -3.02. The van der Waals surface area contributed by atoms with E-state index in [1.54, 1.807) is 13.8 Å². The van der Waals surface area contributed by atoms with Crippen molar-refractivity contribution in [1.29, 1.82) is 0 Å². The van der Waals surface area contributed by atoms with Crippen LogP contribution in [0.1, 0.15) is 31.4 Å². The Morgan fingerprint density at radius 3 is 2.29 bits per heavy atom. The van der Waals surface area contributed by atoms with Crippen LogP contribution in [0.2, 0.25) is 0 Å². The third-order valence-electron chi connectivity index (χ3n) is 4.37. The minimum Gasteiger partial charge on any atom is -0.489 e. The summed E-state index contributed by atoms with van der Waals surface area (Å²) in [5.74, 6) is 0.289. The number of esters is 1. The lowest BCUT2D eigenvalue weighted by Gasteiger charge is -2.27. The number of carbonyl (C=O) groups is 2. The highest BCUT2D eigenvalue weighted by atomic mass is 16.5. The van der Waals surface area contributed by atoms with Gasteiger partial charge in [0.1, 0.15) is 17.9 Å². The van der Waals surface area contributed by atoms with Crippen molar-refractivity contribution in [3.05, 3.63) is 65.7 Å². The van der Waals surface area contributed by atoms with Crippen molar-refractivity contribution in [2.75, 3.05) is 13.7 Å². The van der Waals surface area contributed by atoms with Crippen molar-refractivity contribution in [1.82, 2.24) is 5.32 Å². The highest BCUT2D eigenvalue weighted by Crippen LogP contribution is 2.20. The van der Waals surface area contributed by atoms with Crippen LogP contribution in [-0.4, -0.2) is 31.3 Å². The Balaban J connectivity index is 1.95. The molecule has 1 unspecified atom stereocenters. The largest absolute Gasteiger partial charge is 0.489 e. The number of hydrogen-bond donors (Lipinski definition) is 1. The summed E-state index contributed by atoms with van der Waals surface area (Å²) in [5.41, 5.74) is 0.964. The number of methoxy groups -OCH3 is 1. The molecule has 0 aromatic heterocycles. The predicted octanol–water partition coefficient (Wildman–Crippen LogP) is 3.88. The van der Waals surface area contributed by atoms with Gasteiger partial charge < -0.3 is 19.5 Å². The standard InChI is InChI=1S/C22H27NO5/c1-4-27-20(24)22(2,23-21(25)26-3)15-14-17-10-12-19(13-11-17)28-16-18-8-6-5-7-9-18/h5-13H,4,14-16H2,1-3H3,(H,23,25). The Kier molecular flexibility index (Phi) is 7.87. The lowest BCUT2D eigenvalue weighted by Crippen LogP contribution is -2.53. The summed E-state index contributed by atoms with van der Waals surface area (Å²) in [4.78, 5) is 23.9. The summed E-state index contributed by atoms with van der Waals surface area (Å²) in [6, 6.07) is 17.6. The molecule has 1 atom stereocenters. The molecule has 0 fully saturated rings. The second kappa shape index (κ2) is 10.3. The summed E-state index contributed by atoms with van der Waals surface area (Å²) < 4.78 is 15.5. The van der Waals surface area contributed by atoms with E-state index in [0.717, 1.165) is 16.9 Å². The van der Waals surface area contributed by atoms with Gasteiger partial charge in [0.15, 0.2) is 0 Å². The highest BCUT2D eigenvalue weighted by Gasteiger charge is 2.36.